The van der Waals surface area contributed by atoms with Gasteiger partial charge in [-0.15, -0.1) is 11.3 Å². The van der Waals surface area contributed by atoms with Crippen LogP contribution in [0, 0.1) is 5.92 Å². The van der Waals surface area contributed by atoms with Crippen LogP contribution in [0.2, 0.25) is 0 Å². The van der Waals surface area contributed by atoms with E-state index in [0.29, 0.717) is 18.4 Å². The summed E-state index contributed by atoms with van der Waals surface area (Å²) in [6, 6.07) is 4.17. The van der Waals surface area contributed by atoms with Gasteiger partial charge in [0.2, 0.25) is 0 Å². The number of piperidine rings is 1. The second-order valence-electron chi connectivity index (χ2n) is 6.69. The van der Waals surface area contributed by atoms with Gasteiger partial charge in [0, 0.05) is 36.7 Å². The molecule has 0 radical (unpaired) electrons. The molecule has 2 aromatic heterocycles. The molecule has 1 fully saturated rings. The lowest BCUT2D eigenvalue weighted by Gasteiger charge is -2.32. The van der Waals surface area contributed by atoms with Crippen molar-refractivity contribution in [2.24, 2.45) is 5.92 Å². The Hall–Kier alpha value is -1.66. The zero-order chi connectivity index (χ0) is 16.9. The molecule has 6 heteroatoms. The number of nitrogens with one attached hydrogen (secondary N) is 1. The Balaban J connectivity index is 1.52. The molecule has 0 bridgehead atoms. The summed E-state index contributed by atoms with van der Waals surface area (Å²) in [4.78, 5) is 12.6. The minimum absolute atomic E-state index is 0.311. The van der Waals surface area contributed by atoms with Gasteiger partial charge in [-0.05, 0) is 30.9 Å². The summed E-state index contributed by atoms with van der Waals surface area (Å²) in [6.45, 7) is 7.40. The Kier molecular flexibility index (Phi) is 5.68. The van der Waals surface area contributed by atoms with Gasteiger partial charge in [-0.25, -0.2) is 9.97 Å². The number of thiazole rings is 1. The second kappa shape index (κ2) is 7.94. The van der Waals surface area contributed by atoms with Crippen molar-refractivity contribution in [2.45, 2.75) is 39.2 Å². The molecule has 3 heterocycles. The number of hydrogen-bond acceptors (Lipinski definition) is 6. The molecule has 1 saturated heterocycles. The van der Waals surface area contributed by atoms with Gasteiger partial charge < -0.3 is 15.3 Å². The van der Waals surface area contributed by atoms with E-state index in [1.165, 1.54) is 9.88 Å². The molecule has 0 aliphatic carbocycles. The third kappa shape index (κ3) is 4.24. The van der Waals surface area contributed by atoms with Gasteiger partial charge in [0.05, 0.1) is 23.4 Å². The molecular weight excluding hydrogens is 320 g/mol. The van der Waals surface area contributed by atoms with E-state index in [9.17, 15) is 5.11 Å². The number of nitrogens with zero attached hydrogens (tertiary/aromatic N) is 3. The van der Waals surface area contributed by atoms with Gasteiger partial charge in [-0.1, -0.05) is 13.8 Å². The van der Waals surface area contributed by atoms with Crippen LogP contribution in [-0.2, 0) is 6.54 Å². The molecule has 2 aromatic rings. The summed E-state index contributed by atoms with van der Waals surface area (Å²) < 4.78 is 0. The lowest BCUT2D eigenvalue weighted by atomic mass is 9.98. The highest BCUT2D eigenvalue weighted by molar-refractivity contribution is 7.11. The maximum atomic E-state index is 9.23. The quantitative estimate of drug-likeness (QED) is 0.838. The van der Waals surface area contributed by atoms with E-state index in [-0.39, 0.29) is 0 Å². The third-order valence-electron chi connectivity index (χ3n) is 4.49. The lowest BCUT2D eigenvalue weighted by Crippen LogP contribution is -2.34. The van der Waals surface area contributed by atoms with Crippen LogP contribution in [0.1, 0.15) is 42.5 Å². The van der Waals surface area contributed by atoms with E-state index in [4.69, 9.17) is 0 Å². The molecule has 0 atom stereocenters. The van der Waals surface area contributed by atoms with E-state index in [1.54, 1.807) is 11.3 Å². The maximum Gasteiger partial charge on any atom is 0.126 e. The fraction of sp³-hybridized carbons (Fsp3) is 0.556. The van der Waals surface area contributed by atoms with Crippen LogP contribution in [0.15, 0.2) is 24.5 Å². The SMILES string of the molecule is CC(C)c1ncc(CNc2ccc(N3CCC(CO)CC3)cn2)s1. The summed E-state index contributed by atoms with van der Waals surface area (Å²) in [5, 5.41) is 13.8. The van der Waals surface area contributed by atoms with Crippen LogP contribution in [0.4, 0.5) is 11.5 Å². The molecule has 0 spiro atoms. The van der Waals surface area contributed by atoms with Crippen LogP contribution < -0.4 is 10.2 Å². The molecule has 0 saturated carbocycles. The number of aliphatic hydroxyl groups excluding tert-OH is 1. The topological polar surface area (TPSA) is 61.3 Å². The number of aliphatic hydroxyl groups is 1. The molecule has 0 unspecified atom stereocenters. The van der Waals surface area contributed by atoms with Gasteiger partial charge in [0.1, 0.15) is 5.82 Å². The van der Waals surface area contributed by atoms with E-state index in [0.717, 1.165) is 44.0 Å². The third-order valence-corrected chi connectivity index (χ3v) is 5.79. The zero-order valence-electron chi connectivity index (χ0n) is 14.4. The Bertz CT molecular complexity index is 633. The standard InChI is InChI=1S/C18H26N4OS/c1-13(2)18-21-11-16(24-18)10-20-17-4-3-15(9-19-17)22-7-5-14(12-23)6-8-22/h3-4,9,11,13-14,23H,5-8,10,12H2,1-2H3,(H,19,20). The van der Waals surface area contributed by atoms with Crippen molar-refractivity contribution in [3.63, 3.8) is 0 Å². The molecule has 2 N–H and O–H groups in total. The van der Waals surface area contributed by atoms with Crippen molar-refractivity contribution in [3.8, 4) is 0 Å². The normalized spacial score (nSPS) is 15.9. The summed E-state index contributed by atoms with van der Waals surface area (Å²) in [6.07, 6.45) is 6.00. The second-order valence-corrected chi connectivity index (χ2v) is 7.83. The summed E-state index contributed by atoms with van der Waals surface area (Å²) in [5.41, 5.74) is 1.16. The minimum atomic E-state index is 0.311. The number of hydrogen-bond donors (Lipinski definition) is 2. The van der Waals surface area contributed by atoms with Gasteiger partial charge in [-0.3, -0.25) is 0 Å². The first kappa shape index (κ1) is 17.2. The van der Waals surface area contributed by atoms with Crippen molar-refractivity contribution in [1.82, 2.24) is 9.97 Å². The number of rotatable bonds is 6. The molecule has 3 rings (SSSR count). The summed E-state index contributed by atoms with van der Waals surface area (Å²) in [7, 11) is 0. The highest BCUT2D eigenvalue weighted by Crippen LogP contribution is 2.24. The molecule has 24 heavy (non-hydrogen) atoms. The zero-order valence-corrected chi connectivity index (χ0v) is 15.2. The first-order valence-corrected chi connectivity index (χ1v) is 9.47. The predicted molar refractivity (Wildman–Crippen MR) is 99.8 cm³/mol. The summed E-state index contributed by atoms with van der Waals surface area (Å²) >= 11 is 1.76. The van der Waals surface area contributed by atoms with Gasteiger partial charge in [0.15, 0.2) is 0 Å². The average molecular weight is 347 g/mol. The van der Waals surface area contributed by atoms with Crippen molar-refractivity contribution in [3.05, 3.63) is 34.4 Å². The largest absolute Gasteiger partial charge is 0.396 e. The fourth-order valence-electron chi connectivity index (χ4n) is 2.90. The van der Waals surface area contributed by atoms with E-state index >= 15 is 0 Å². The number of aromatic nitrogens is 2. The van der Waals surface area contributed by atoms with Gasteiger partial charge in [0.25, 0.3) is 0 Å². The minimum Gasteiger partial charge on any atom is -0.396 e. The van der Waals surface area contributed by atoms with Crippen molar-refractivity contribution >= 4 is 22.8 Å². The maximum absolute atomic E-state index is 9.23. The van der Waals surface area contributed by atoms with Crippen molar-refractivity contribution < 1.29 is 5.11 Å². The summed E-state index contributed by atoms with van der Waals surface area (Å²) in [5.74, 6) is 1.84. The molecule has 0 amide bonds. The molecule has 1 aliphatic heterocycles. The van der Waals surface area contributed by atoms with Crippen molar-refractivity contribution in [1.29, 1.82) is 0 Å². The van der Waals surface area contributed by atoms with E-state index in [2.05, 4.69) is 40.1 Å². The number of pyridine rings is 1. The molecule has 0 aromatic carbocycles. The van der Waals surface area contributed by atoms with E-state index < -0.39 is 0 Å². The Labute approximate surface area is 147 Å². The smallest absolute Gasteiger partial charge is 0.126 e. The first-order valence-electron chi connectivity index (χ1n) is 8.66. The number of anilines is 2. The van der Waals surface area contributed by atoms with Gasteiger partial charge >= 0.3 is 0 Å². The molecular formula is C18H26N4OS. The molecule has 130 valence electrons. The molecule has 1 aliphatic rings. The van der Waals surface area contributed by atoms with E-state index in [1.807, 2.05) is 18.5 Å². The lowest BCUT2D eigenvalue weighted by molar-refractivity contribution is 0.203. The highest BCUT2D eigenvalue weighted by Gasteiger charge is 2.18. The molecule has 5 nitrogen and oxygen atoms in total. The Morgan fingerprint density at radius 1 is 1.25 bits per heavy atom. The van der Waals surface area contributed by atoms with Crippen LogP contribution in [0.5, 0.6) is 0 Å². The Morgan fingerprint density at radius 3 is 2.62 bits per heavy atom. The average Bonchev–Trinajstić information content (AvgIpc) is 3.10. The van der Waals surface area contributed by atoms with Crippen LogP contribution in [0.3, 0.4) is 0 Å². The van der Waals surface area contributed by atoms with Crippen LogP contribution in [0.25, 0.3) is 0 Å². The van der Waals surface area contributed by atoms with Crippen molar-refractivity contribution in [2.75, 3.05) is 29.9 Å². The highest BCUT2D eigenvalue weighted by atomic mass is 32.1. The van der Waals surface area contributed by atoms with Crippen LogP contribution >= 0.6 is 11.3 Å². The fourth-order valence-corrected chi connectivity index (χ4v) is 3.76. The first-order chi connectivity index (χ1) is 11.7. The Morgan fingerprint density at radius 2 is 2.04 bits per heavy atom. The monoisotopic (exact) mass is 346 g/mol. The predicted octanol–water partition coefficient (Wildman–Crippen LogP) is 3.48. The van der Waals surface area contributed by atoms with Gasteiger partial charge in [-0.2, -0.15) is 0 Å². The van der Waals surface area contributed by atoms with Crippen LogP contribution in [-0.4, -0.2) is 34.8 Å².